The van der Waals surface area contributed by atoms with Gasteiger partial charge in [0.05, 0.1) is 22.5 Å². The highest BCUT2D eigenvalue weighted by atomic mass is 35.5. The van der Waals surface area contributed by atoms with Crippen molar-refractivity contribution in [1.29, 1.82) is 0 Å². The molecule has 1 N–H and O–H groups in total. The molecule has 2 aromatic carbocycles. The first kappa shape index (κ1) is 19.0. The number of nitrogens with one attached hydrogen (secondary N) is 1. The van der Waals surface area contributed by atoms with Crippen LogP contribution in [0.1, 0.15) is 27.2 Å². The number of aryl methyl sites for hydroxylation is 1. The van der Waals surface area contributed by atoms with Gasteiger partial charge in [-0.25, -0.2) is 4.68 Å². The van der Waals surface area contributed by atoms with E-state index in [1.165, 1.54) is 16.8 Å². The molecule has 0 atom stereocenters. The Labute approximate surface area is 158 Å². The monoisotopic (exact) mass is 393 g/mol. The van der Waals surface area contributed by atoms with Gasteiger partial charge in [0.1, 0.15) is 5.15 Å². The molecule has 8 heteroatoms. The molecule has 1 heterocycles. The second-order valence-corrected chi connectivity index (χ2v) is 6.23. The van der Waals surface area contributed by atoms with Crippen molar-refractivity contribution in [3.63, 3.8) is 0 Å². The van der Waals surface area contributed by atoms with Crippen molar-refractivity contribution in [2.24, 2.45) is 0 Å². The SMILES string of the molecule is Cc1nn(-c2ccccc2)c(Cl)c1C(=O)NCc1ccc(C(F)(F)F)cc1. The van der Waals surface area contributed by atoms with Gasteiger partial charge in [0, 0.05) is 6.54 Å². The van der Waals surface area contributed by atoms with Crippen LogP contribution in [0.4, 0.5) is 13.2 Å². The number of carbonyl (C=O) groups excluding carboxylic acids is 1. The van der Waals surface area contributed by atoms with Crippen LogP contribution in [0.5, 0.6) is 0 Å². The van der Waals surface area contributed by atoms with Crippen LogP contribution in [0.2, 0.25) is 5.15 Å². The Morgan fingerprint density at radius 2 is 1.74 bits per heavy atom. The number of amides is 1. The molecule has 3 aromatic rings. The van der Waals surface area contributed by atoms with Crippen molar-refractivity contribution in [2.75, 3.05) is 0 Å². The van der Waals surface area contributed by atoms with Gasteiger partial charge in [-0.15, -0.1) is 0 Å². The lowest BCUT2D eigenvalue weighted by Crippen LogP contribution is -2.23. The Hall–Kier alpha value is -2.80. The summed E-state index contributed by atoms with van der Waals surface area (Å²) in [5, 5.41) is 7.13. The van der Waals surface area contributed by atoms with Gasteiger partial charge in [-0.3, -0.25) is 4.79 Å². The number of hydrogen-bond donors (Lipinski definition) is 1. The highest BCUT2D eigenvalue weighted by Gasteiger charge is 2.30. The molecule has 0 aliphatic rings. The zero-order chi connectivity index (χ0) is 19.6. The molecule has 0 unspecified atom stereocenters. The van der Waals surface area contributed by atoms with Gasteiger partial charge in [-0.05, 0) is 36.8 Å². The van der Waals surface area contributed by atoms with Crippen LogP contribution < -0.4 is 5.32 Å². The number of rotatable bonds is 4. The van der Waals surface area contributed by atoms with E-state index in [-0.39, 0.29) is 17.3 Å². The normalized spacial score (nSPS) is 11.4. The number of carbonyl (C=O) groups is 1. The van der Waals surface area contributed by atoms with Gasteiger partial charge in [-0.2, -0.15) is 18.3 Å². The van der Waals surface area contributed by atoms with Crippen LogP contribution in [0.3, 0.4) is 0 Å². The van der Waals surface area contributed by atoms with Crippen LogP contribution in [-0.4, -0.2) is 15.7 Å². The van der Waals surface area contributed by atoms with Crippen molar-refractivity contribution in [3.8, 4) is 5.69 Å². The lowest BCUT2D eigenvalue weighted by atomic mass is 10.1. The van der Waals surface area contributed by atoms with Crippen LogP contribution in [0, 0.1) is 6.92 Å². The third-order valence-electron chi connectivity index (χ3n) is 3.97. The molecule has 0 spiro atoms. The predicted octanol–water partition coefficient (Wildman–Crippen LogP) is 4.78. The van der Waals surface area contributed by atoms with E-state index in [0.717, 1.165) is 12.1 Å². The van der Waals surface area contributed by atoms with Gasteiger partial charge in [-0.1, -0.05) is 41.9 Å². The highest BCUT2D eigenvalue weighted by molar-refractivity contribution is 6.33. The summed E-state index contributed by atoms with van der Waals surface area (Å²) in [6.07, 6.45) is -4.39. The molecule has 27 heavy (non-hydrogen) atoms. The van der Waals surface area contributed by atoms with Gasteiger partial charge in [0.25, 0.3) is 5.91 Å². The molecular weight excluding hydrogens is 379 g/mol. The molecule has 1 aromatic heterocycles. The number of aromatic nitrogens is 2. The Bertz CT molecular complexity index is 951. The lowest BCUT2D eigenvalue weighted by Gasteiger charge is -2.09. The molecule has 4 nitrogen and oxygen atoms in total. The largest absolute Gasteiger partial charge is 0.416 e. The zero-order valence-corrected chi connectivity index (χ0v) is 15.0. The van der Waals surface area contributed by atoms with E-state index in [9.17, 15) is 18.0 Å². The van der Waals surface area contributed by atoms with Crippen LogP contribution in [0.15, 0.2) is 54.6 Å². The highest BCUT2D eigenvalue weighted by Crippen LogP contribution is 2.29. The summed E-state index contributed by atoms with van der Waals surface area (Å²) in [5.74, 6) is -0.445. The molecule has 0 saturated carbocycles. The maximum Gasteiger partial charge on any atom is 0.416 e. The fourth-order valence-corrected chi connectivity index (χ4v) is 2.94. The average molecular weight is 394 g/mol. The quantitative estimate of drug-likeness (QED) is 0.693. The molecule has 0 saturated heterocycles. The fraction of sp³-hybridized carbons (Fsp3) is 0.158. The molecule has 1 amide bonds. The van der Waals surface area contributed by atoms with E-state index in [1.807, 2.05) is 30.3 Å². The first-order valence-electron chi connectivity index (χ1n) is 8.02. The molecule has 0 aliphatic heterocycles. The number of nitrogens with zero attached hydrogens (tertiary/aromatic N) is 2. The first-order valence-corrected chi connectivity index (χ1v) is 8.40. The van der Waals surface area contributed by atoms with Gasteiger partial charge >= 0.3 is 6.18 Å². The maximum absolute atomic E-state index is 12.6. The van der Waals surface area contributed by atoms with Gasteiger partial charge < -0.3 is 5.32 Å². The van der Waals surface area contributed by atoms with Gasteiger partial charge in [0.2, 0.25) is 0 Å². The van der Waals surface area contributed by atoms with Crippen LogP contribution in [-0.2, 0) is 12.7 Å². The van der Waals surface area contributed by atoms with E-state index < -0.39 is 17.6 Å². The third-order valence-corrected chi connectivity index (χ3v) is 4.32. The van der Waals surface area contributed by atoms with E-state index >= 15 is 0 Å². The van der Waals surface area contributed by atoms with Crippen molar-refractivity contribution in [1.82, 2.24) is 15.1 Å². The summed E-state index contributed by atoms with van der Waals surface area (Å²) in [4.78, 5) is 12.5. The minimum Gasteiger partial charge on any atom is -0.348 e. The Balaban J connectivity index is 1.74. The number of halogens is 4. The molecular formula is C19H15ClF3N3O. The summed E-state index contributed by atoms with van der Waals surface area (Å²) >= 11 is 6.33. The summed E-state index contributed by atoms with van der Waals surface area (Å²) in [5.41, 5.74) is 1.20. The third kappa shape index (κ3) is 4.14. The smallest absolute Gasteiger partial charge is 0.348 e. The summed E-state index contributed by atoms with van der Waals surface area (Å²) in [7, 11) is 0. The van der Waals surface area contributed by atoms with E-state index in [0.29, 0.717) is 16.9 Å². The molecule has 0 aliphatic carbocycles. The number of alkyl halides is 3. The van der Waals surface area contributed by atoms with Crippen LogP contribution >= 0.6 is 11.6 Å². The van der Waals surface area contributed by atoms with Crippen molar-refractivity contribution in [2.45, 2.75) is 19.6 Å². The van der Waals surface area contributed by atoms with E-state index in [1.54, 1.807) is 6.92 Å². The van der Waals surface area contributed by atoms with Crippen molar-refractivity contribution < 1.29 is 18.0 Å². The molecule has 3 rings (SSSR count). The first-order chi connectivity index (χ1) is 12.8. The number of hydrogen-bond acceptors (Lipinski definition) is 2. The molecule has 0 fully saturated rings. The Morgan fingerprint density at radius 3 is 2.33 bits per heavy atom. The predicted molar refractivity (Wildman–Crippen MR) is 95.9 cm³/mol. The average Bonchev–Trinajstić information content (AvgIpc) is 2.94. The lowest BCUT2D eigenvalue weighted by molar-refractivity contribution is -0.137. The second-order valence-electron chi connectivity index (χ2n) is 5.88. The number of para-hydroxylation sites is 1. The van der Waals surface area contributed by atoms with Crippen molar-refractivity contribution in [3.05, 3.63) is 82.1 Å². The van der Waals surface area contributed by atoms with E-state index in [2.05, 4.69) is 10.4 Å². The maximum atomic E-state index is 12.6. The molecule has 140 valence electrons. The summed E-state index contributed by atoms with van der Waals surface area (Å²) in [6.45, 7) is 1.74. The summed E-state index contributed by atoms with van der Waals surface area (Å²) < 4.78 is 39.2. The minimum atomic E-state index is -4.39. The van der Waals surface area contributed by atoms with Crippen molar-refractivity contribution >= 4 is 17.5 Å². The Kier molecular flexibility index (Phi) is 5.23. The van der Waals surface area contributed by atoms with E-state index in [4.69, 9.17) is 11.6 Å². The Morgan fingerprint density at radius 1 is 1.11 bits per heavy atom. The van der Waals surface area contributed by atoms with Crippen LogP contribution in [0.25, 0.3) is 5.69 Å². The van der Waals surface area contributed by atoms with Gasteiger partial charge in [0.15, 0.2) is 0 Å². The fourth-order valence-electron chi connectivity index (χ4n) is 2.58. The molecule has 0 radical (unpaired) electrons. The molecule has 0 bridgehead atoms. The second kappa shape index (κ2) is 7.44. The minimum absolute atomic E-state index is 0.0727. The summed E-state index contributed by atoms with van der Waals surface area (Å²) in [6, 6.07) is 13.7. The number of benzene rings is 2. The standard InChI is InChI=1S/C19H15ClF3N3O/c1-12-16(17(20)26(25-12)15-5-3-2-4-6-15)18(27)24-11-13-7-9-14(10-8-13)19(21,22)23/h2-10H,11H2,1H3,(H,24,27). The topological polar surface area (TPSA) is 46.9 Å². The zero-order valence-electron chi connectivity index (χ0n) is 14.2.